The molecule has 1 aromatic heterocycles. The van der Waals surface area contributed by atoms with Crippen molar-refractivity contribution < 1.29 is 9.90 Å². The van der Waals surface area contributed by atoms with E-state index in [1.54, 1.807) is 24.3 Å². The molecule has 0 aliphatic heterocycles. The second-order valence-corrected chi connectivity index (χ2v) is 8.83. The lowest BCUT2D eigenvalue weighted by Crippen LogP contribution is -2.39. The molecule has 0 saturated carbocycles. The zero-order chi connectivity index (χ0) is 24.3. The van der Waals surface area contributed by atoms with Crippen LogP contribution in [0.3, 0.4) is 0 Å². The van der Waals surface area contributed by atoms with Crippen LogP contribution in [0.2, 0.25) is 5.02 Å². The Hall–Kier alpha value is -3.30. The molecule has 0 aliphatic carbocycles. The van der Waals surface area contributed by atoms with Crippen molar-refractivity contribution in [1.29, 1.82) is 0 Å². The van der Waals surface area contributed by atoms with E-state index in [0.29, 0.717) is 16.4 Å². The zero-order valence-corrected chi connectivity index (χ0v) is 20.1. The standard InChI is InChI=1S/C23H23ClN4O4S/c1-13-5-8-17(11-14(13)2)25-18(29)12-33-20(26-16-9-6-15(24)7-10-16)19-21(30)27(3)23(32)28(4)22(19)31/h5-11,30H,12H2,1-4H3,(H,25,29). The summed E-state index contributed by atoms with van der Waals surface area (Å²) in [6, 6.07) is 12.1. The molecular formula is C23H23ClN4O4S. The molecule has 0 fully saturated rings. The van der Waals surface area contributed by atoms with E-state index < -0.39 is 17.1 Å². The Kier molecular flexibility index (Phi) is 7.45. The molecule has 33 heavy (non-hydrogen) atoms. The van der Waals surface area contributed by atoms with Crippen LogP contribution in [0.25, 0.3) is 0 Å². The minimum atomic E-state index is -0.717. The number of aromatic hydroxyl groups is 1. The van der Waals surface area contributed by atoms with Gasteiger partial charge in [-0.1, -0.05) is 29.4 Å². The number of nitrogens with one attached hydrogen (secondary N) is 1. The molecule has 172 valence electrons. The van der Waals surface area contributed by atoms with E-state index in [4.69, 9.17) is 11.6 Å². The number of aliphatic imine (C=N–C) groups is 1. The Morgan fingerprint density at radius 2 is 1.73 bits per heavy atom. The van der Waals surface area contributed by atoms with Crippen molar-refractivity contribution in [3.8, 4) is 5.88 Å². The van der Waals surface area contributed by atoms with E-state index in [-0.39, 0.29) is 22.3 Å². The summed E-state index contributed by atoms with van der Waals surface area (Å²) in [7, 11) is 2.65. The number of aryl methyl sites for hydroxylation is 2. The monoisotopic (exact) mass is 486 g/mol. The quantitative estimate of drug-likeness (QED) is 0.424. The highest BCUT2D eigenvalue weighted by atomic mass is 35.5. The number of halogens is 1. The van der Waals surface area contributed by atoms with Crippen molar-refractivity contribution >= 4 is 45.7 Å². The number of benzene rings is 2. The number of rotatable bonds is 5. The molecule has 0 saturated heterocycles. The maximum atomic E-state index is 12.8. The van der Waals surface area contributed by atoms with Gasteiger partial charge >= 0.3 is 5.69 Å². The summed E-state index contributed by atoms with van der Waals surface area (Å²) in [5.74, 6) is -0.920. The van der Waals surface area contributed by atoms with Gasteiger partial charge in [0.1, 0.15) is 10.6 Å². The lowest BCUT2D eigenvalue weighted by Gasteiger charge is -2.13. The van der Waals surface area contributed by atoms with Crippen molar-refractivity contribution in [3.63, 3.8) is 0 Å². The number of anilines is 1. The Bertz CT molecular complexity index is 1360. The van der Waals surface area contributed by atoms with Gasteiger partial charge in [-0.15, -0.1) is 0 Å². The van der Waals surface area contributed by atoms with Gasteiger partial charge in [0.25, 0.3) is 5.56 Å². The van der Waals surface area contributed by atoms with Gasteiger partial charge in [-0.2, -0.15) is 0 Å². The predicted octanol–water partition coefficient (Wildman–Crippen LogP) is 3.51. The summed E-state index contributed by atoms with van der Waals surface area (Å²) in [5.41, 5.74) is 1.71. The second-order valence-electron chi connectivity index (χ2n) is 7.43. The zero-order valence-electron chi connectivity index (χ0n) is 18.5. The average Bonchev–Trinajstić information content (AvgIpc) is 2.78. The maximum Gasteiger partial charge on any atom is 0.333 e. The first kappa shape index (κ1) is 24.3. The Labute approximate surface area is 199 Å². The van der Waals surface area contributed by atoms with Crippen LogP contribution in [-0.2, 0) is 18.9 Å². The Morgan fingerprint density at radius 3 is 2.36 bits per heavy atom. The number of carbonyl (C=O) groups is 1. The summed E-state index contributed by atoms with van der Waals surface area (Å²) < 4.78 is 1.83. The fourth-order valence-corrected chi connectivity index (χ4v) is 3.92. The first-order chi connectivity index (χ1) is 15.6. The largest absolute Gasteiger partial charge is 0.494 e. The third kappa shape index (κ3) is 5.55. The third-order valence-electron chi connectivity index (χ3n) is 5.04. The first-order valence-corrected chi connectivity index (χ1v) is 11.3. The highest BCUT2D eigenvalue weighted by Gasteiger charge is 2.22. The van der Waals surface area contributed by atoms with E-state index in [2.05, 4.69) is 10.3 Å². The number of thioether (sulfide) groups is 1. The fourth-order valence-electron chi connectivity index (χ4n) is 2.96. The van der Waals surface area contributed by atoms with Crippen molar-refractivity contribution in [2.45, 2.75) is 13.8 Å². The SMILES string of the molecule is Cc1ccc(NC(=O)CSC(=Nc2ccc(Cl)cc2)c2c(O)n(C)c(=O)n(C)c2=O)cc1C. The lowest BCUT2D eigenvalue weighted by molar-refractivity contribution is -0.113. The average molecular weight is 487 g/mol. The molecule has 1 heterocycles. The van der Waals surface area contributed by atoms with Crippen LogP contribution in [0.1, 0.15) is 16.7 Å². The third-order valence-corrected chi connectivity index (χ3v) is 6.26. The van der Waals surface area contributed by atoms with Crippen LogP contribution < -0.4 is 16.6 Å². The molecule has 2 aromatic carbocycles. The van der Waals surface area contributed by atoms with Crippen LogP contribution in [-0.4, -0.2) is 30.9 Å². The van der Waals surface area contributed by atoms with Gasteiger partial charge in [0.2, 0.25) is 11.8 Å². The van der Waals surface area contributed by atoms with E-state index in [1.165, 1.54) is 14.1 Å². The smallest absolute Gasteiger partial charge is 0.333 e. The van der Waals surface area contributed by atoms with Crippen molar-refractivity contribution in [1.82, 2.24) is 9.13 Å². The predicted molar refractivity (Wildman–Crippen MR) is 133 cm³/mol. The molecule has 3 aromatic rings. The summed E-state index contributed by atoms with van der Waals surface area (Å²) in [5, 5.41) is 14.0. The summed E-state index contributed by atoms with van der Waals surface area (Å²) >= 11 is 6.91. The van der Waals surface area contributed by atoms with E-state index in [1.807, 2.05) is 32.0 Å². The van der Waals surface area contributed by atoms with Gasteiger partial charge in [-0.25, -0.2) is 9.79 Å². The highest BCUT2D eigenvalue weighted by molar-refractivity contribution is 8.15. The second kappa shape index (κ2) is 10.1. The number of nitrogens with zero attached hydrogens (tertiary/aromatic N) is 3. The molecule has 8 nitrogen and oxygen atoms in total. The van der Waals surface area contributed by atoms with Gasteiger partial charge < -0.3 is 10.4 Å². The lowest BCUT2D eigenvalue weighted by atomic mass is 10.1. The van der Waals surface area contributed by atoms with Crippen LogP contribution in [0.4, 0.5) is 11.4 Å². The molecule has 0 unspecified atom stereocenters. The molecule has 0 spiro atoms. The number of hydrogen-bond acceptors (Lipinski definition) is 6. The molecule has 0 aliphatic rings. The first-order valence-electron chi connectivity index (χ1n) is 9.92. The number of hydrogen-bond donors (Lipinski definition) is 2. The maximum absolute atomic E-state index is 12.8. The molecule has 2 N–H and O–H groups in total. The van der Waals surface area contributed by atoms with Crippen LogP contribution in [0.15, 0.2) is 57.0 Å². The molecule has 0 atom stereocenters. The van der Waals surface area contributed by atoms with Gasteiger partial charge in [-0.05, 0) is 61.4 Å². The summed E-state index contributed by atoms with van der Waals surface area (Å²) in [4.78, 5) is 42.0. The minimum Gasteiger partial charge on any atom is -0.494 e. The number of carbonyl (C=O) groups excluding carboxylic acids is 1. The van der Waals surface area contributed by atoms with Crippen molar-refractivity contribution in [2.24, 2.45) is 19.1 Å². The summed E-state index contributed by atoms with van der Waals surface area (Å²) in [6.45, 7) is 3.94. The number of aromatic nitrogens is 2. The van der Waals surface area contributed by atoms with Gasteiger partial charge in [0.05, 0.1) is 11.4 Å². The molecule has 3 rings (SSSR count). The van der Waals surface area contributed by atoms with E-state index >= 15 is 0 Å². The van der Waals surface area contributed by atoms with Gasteiger partial charge in [0.15, 0.2) is 0 Å². The summed E-state index contributed by atoms with van der Waals surface area (Å²) in [6.07, 6.45) is 0. The van der Waals surface area contributed by atoms with Crippen LogP contribution in [0, 0.1) is 13.8 Å². The fraction of sp³-hybridized carbons (Fsp3) is 0.217. The van der Waals surface area contributed by atoms with Crippen LogP contribution in [0.5, 0.6) is 5.88 Å². The molecular weight excluding hydrogens is 464 g/mol. The van der Waals surface area contributed by atoms with E-state index in [9.17, 15) is 19.5 Å². The number of amides is 1. The molecule has 0 bridgehead atoms. The molecule has 0 radical (unpaired) electrons. The Morgan fingerprint density at radius 1 is 1.06 bits per heavy atom. The topological polar surface area (TPSA) is 106 Å². The normalized spacial score (nSPS) is 11.5. The van der Waals surface area contributed by atoms with Crippen LogP contribution >= 0.6 is 23.4 Å². The molecule has 1 amide bonds. The van der Waals surface area contributed by atoms with Gasteiger partial charge in [0, 0.05) is 24.8 Å². The Balaban J connectivity index is 1.96. The molecule has 10 heteroatoms. The van der Waals surface area contributed by atoms with Gasteiger partial charge in [-0.3, -0.25) is 18.7 Å². The minimum absolute atomic E-state index is 0.0786. The highest BCUT2D eigenvalue weighted by Crippen LogP contribution is 2.24. The van der Waals surface area contributed by atoms with Crippen molar-refractivity contribution in [2.75, 3.05) is 11.1 Å². The van der Waals surface area contributed by atoms with E-state index in [0.717, 1.165) is 32.0 Å². The van der Waals surface area contributed by atoms with Crippen molar-refractivity contribution in [3.05, 3.63) is 85.0 Å².